The lowest BCUT2D eigenvalue weighted by atomic mass is 9.79. The first kappa shape index (κ1) is 29.1. The van der Waals surface area contributed by atoms with E-state index in [-0.39, 0.29) is 29.0 Å². The van der Waals surface area contributed by atoms with Crippen LogP contribution in [0.4, 0.5) is 16.2 Å². The number of likely N-dealkylation sites (tertiary alicyclic amines) is 1. The van der Waals surface area contributed by atoms with Crippen LogP contribution in [0, 0.1) is 0 Å². The van der Waals surface area contributed by atoms with Crippen LogP contribution < -0.4 is 15.8 Å². The molecule has 2 aromatic rings. The van der Waals surface area contributed by atoms with Crippen molar-refractivity contribution >= 4 is 23.4 Å². The Labute approximate surface area is 226 Å². The number of carbonyl (C=O) groups excluding carboxylic acids is 2. The molecule has 0 spiro atoms. The molecule has 0 aliphatic carbocycles. The number of benzene rings is 2. The summed E-state index contributed by atoms with van der Waals surface area (Å²) in [5, 5.41) is 14.0. The third-order valence-corrected chi connectivity index (χ3v) is 6.37. The second-order valence-electron chi connectivity index (χ2n) is 13.1. The molecule has 2 aromatic carbocycles. The molecule has 8 heteroatoms. The minimum atomic E-state index is -0.798. The maximum atomic E-state index is 13.6. The van der Waals surface area contributed by atoms with Crippen LogP contribution in [0.25, 0.3) is 0 Å². The number of anilines is 2. The van der Waals surface area contributed by atoms with E-state index in [1.807, 2.05) is 41.5 Å². The predicted molar refractivity (Wildman–Crippen MR) is 151 cm³/mol. The van der Waals surface area contributed by atoms with Crippen molar-refractivity contribution in [2.45, 2.75) is 97.3 Å². The molecular formula is C30H43N3O5. The zero-order valence-electron chi connectivity index (χ0n) is 24.1. The maximum absolute atomic E-state index is 13.6. The molecule has 2 atom stereocenters. The van der Waals surface area contributed by atoms with Crippen molar-refractivity contribution in [1.82, 2.24) is 4.90 Å². The summed E-state index contributed by atoms with van der Waals surface area (Å²) in [6.45, 7) is 17.7. The van der Waals surface area contributed by atoms with Gasteiger partial charge in [-0.3, -0.25) is 9.69 Å². The topological polar surface area (TPSA) is 114 Å². The number of nitrogen functional groups attached to an aromatic ring is 1. The minimum Gasteiger partial charge on any atom is -0.507 e. The highest BCUT2D eigenvalue weighted by Gasteiger charge is 2.43. The molecule has 1 heterocycles. The Morgan fingerprint density at radius 3 is 1.95 bits per heavy atom. The first-order valence-electron chi connectivity index (χ1n) is 13.1. The lowest BCUT2D eigenvalue weighted by Crippen LogP contribution is -2.45. The summed E-state index contributed by atoms with van der Waals surface area (Å²) in [6, 6.07) is 9.82. The molecule has 2 unspecified atom stereocenters. The van der Waals surface area contributed by atoms with E-state index in [0.717, 1.165) is 11.1 Å². The van der Waals surface area contributed by atoms with Gasteiger partial charge in [-0.05, 0) is 68.0 Å². The van der Waals surface area contributed by atoms with Crippen molar-refractivity contribution in [3.63, 3.8) is 0 Å². The van der Waals surface area contributed by atoms with Crippen LogP contribution in [0.1, 0.15) is 79.9 Å². The molecule has 0 bridgehead atoms. The number of phenolic OH excluding ortho intramolecular Hbond substituents is 1. The van der Waals surface area contributed by atoms with Crippen LogP contribution in [-0.4, -0.2) is 46.3 Å². The average molecular weight is 526 g/mol. The Balaban J connectivity index is 1.91. The Morgan fingerprint density at radius 1 is 0.947 bits per heavy atom. The molecule has 0 aromatic heterocycles. The molecule has 1 aliphatic heterocycles. The quantitative estimate of drug-likeness (QED) is 0.335. The van der Waals surface area contributed by atoms with E-state index in [1.54, 1.807) is 57.2 Å². The van der Waals surface area contributed by atoms with Gasteiger partial charge in [0.15, 0.2) is 0 Å². The lowest BCUT2D eigenvalue weighted by molar-refractivity contribution is -0.120. The van der Waals surface area contributed by atoms with Crippen molar-refractivity contribution in [3.05, 3.63) is 47.5 Å². The van der Waals surface area contributed by atoms with Gasteiger partial charge in [-0.25, -0.2) is 4.79 Å². The number of hydrogen-bond acceptors (Lipinski definition) is 6. The van der Waals surface area contributed by atoms with E-state index >= 15 is 0 Å². The first-order chi connectivity index (χ1) is 17.3. The molecule has 1 aliphatic rings. The average Bonchev–Trinajstić information content (AvgIpc) is 3.18. The molecular weight excluding hydrogens is 482 g/mol. The lowest BCUT2D eigenvalue weighted by Gasteiger charge is -2.29. The first-order valence-corrected chi connectivity index (χ1v) is 13.1. The van der Waals surface area contributed by atoms with Gasteiger partial charge < -0.3 is 25.6 Å². The fourth-order valence-corrected chi connectivity index (χ4v) is 4.47. The molecule has 0 radical (unpaired) electrons. The minimum absolute atomic E-state index is 0.202. The number of hydrogen-bond donors (Lipinski definition) is 3. The number of phenols is 1. The predicted octanol–water partition coefficient (Wildman–Crippen LogP) is 5.96. The summed E-state index contributed by atoms with van der Waals surface area (Å²) in [4.78, 5) is 28.2. The van der Waals surface area contributed by atoms with Gasteiger partial charge in [0.05, 0.1) is 6.54 Å². The smallest absolute Gasteiger partial charge is 0.411 e. The third kappa shape index (κ3) is 7.11. The van der Waals surface area contributed by atoms with Crippen molar-refractivity contribution in [1.29, 1.82) is 0 Å². The standard InChI is InChI=1S/C30H43N3O5/c1-28(2,3)22-14-19(15-23(25(22)34)29(4,5)6)32-26(35)24-16-21(37-20-12-10-18(31)11-13-20)17-33(24)27(36)38-30(7,8)9/h10-15,21,24,34H,16-17,31H2,1-9H3,(H,32,35). The highest BCUT2D eigenvalue weighted by Crippen LogP contribution is 2.41. The van der Waals surface area contributed by atoms with Crippen LogP contribution in [0.3, 0.4) is 0 Å². The largest absolute Gasteiger partial charge is 0.507 e. The summed E-state index contributed by atoms with van der Waals surface area (Å²) in [7, 11) is 0. The Morgan fingerprint density at radius 2 is 1.47 bits per heavy atom. The second kappa shape index (κ2) is 10.4. The fraction of sp³-hybridized carbons (Fsp3) is 0.533. The van der Waals surface area contributed by atoms with E-state index in [9.17, 15) is 14.7 Å². The zero-order valence-corrected chi connectivity index (χ0v) is 24.1. The zero-order chi connectivity index (χ0) is 28.6. The molecule has 208 valence electrons. The normalized spacial score (nSPS) is 18.3. The summed E-state index contributed by atoms with van der Waals surface area (Å²) < 4.78 is 11.7. The maximum Gasteiger partial charge on any atom is 0.411 e. The molecule has 1 saturated heterocycles. The van der Waals surface area contributed by atoms with E-state index in [2.05, 4.69) is 5.32 Å². The van der Waals surface area contributed by atoms with E-state index in [0.29, 0.717) is 23.5 Å². The number of carbonyl (C=O) groups is 2. The number of rotatable bonds is 4. The molecule has 3 rings (SSSR count). The highest BCUT2D eigenvalue weighted by molar-refractivity contribution is 5.97. The van der Waals surface area contributed by atoms with Crippen LogP contribution in [0.2, 0.25) is 0 Å². The summed E-state index contributed by atoms with van der Waals surface area (Å²) in [5.74, 6) is 0.499. The Bertz CT molecular complexity index is 1140. The third-order valence-electron chi connectivity index (χ3n) is 6.37. The molecule has 38 heavy (non-hydrogen) atoms. The number of nitrogens with one attached hydrogen (secondary N) is 1. The van der Waals surface area contributed by atoms with Crippen LogP contribution in [0.5, 0.6) is 11.5 Å². The van der Waals surface area contributed by atoms with Crippen LogP contribution in [-0.2, 0) is 20.4 Å². The molecule has 0 saturated carbocycles. The van der Waals surface area contributed by atoms with Crippen LogP contribution in [0.15, 0.2) is 36.4 Å². The van der Waals surface area contributed by atoms with Crippen molar-refractivity contribution < 1.29 is 24.2 Å². The van der Waals surface area contributed by atoms with Crippen molar-refractivity contribution in [2.75, 3.05) is 17.6 Å². The van der Waals surface area contributed by atoms with Gasteiger partial charge >= 0.3 is 6.09 Å². The number of amides is 2. The fourth-order valence-electron chi connectivity index (χ4n) is 4.47. The van der Waals surface area contributed by atoms with E-state index in [4.69, 9.17) is 15.2 Å². The van der Waals surface area contributed by atoms with Gasteiger partial charge in [-0.15, -0.1) is 0 Å². The van der Waals surface area contributed by atoms with Gasteiger partial charge in [0, 0.05) is 28.9 Å². The van der Waals surface area contributed by atoms with Crippen molar-refractivity contribution in [3.8, 4) is 11.5 Å². The number of aromatic hydroxyl groups is 1. The summed E-state index contributed by atoms with van der Waals surface area (Å²) in [6.07, 6.45) is -0.680. The second-order valence-corrected chi connectivity index (χ2v) is 13.1. The van der Waals surface area contributed by atoms with Gasteiger partial charge in [0.25, 0.3) is 0 Å². The monoisotopic (exact) mass is 525 g/mol. The van der Waals surface area contributed by atoms with Gasteiger partial charge in [0.2, 0.25) is 5.91 Å². The van der Waals surface area contributed by atoms with Crippen molar-refractivity contribution in [2.24, 2.45) is 0 Å². The Kier molecular flexibility index (Phi) is 7.97. The number of ether oxygens (including phenoxy) is 2. The molecule has 2 amide bonds. The van der Waals surface area contributed by atoms with Crippen LogP contribution >= 0.6 is 0 Å². The van der Waals surface area contributed by atoms with E-state index < -0.39 is 23.8 Å². The molecule has 8 nitrogen and oxygen atoms in total. The summed E-state index contributed by atoms with van der Waals surface area (Å²) in [5.41, 5.74) is 7.03. The number of nitrogens with two attached hydrogens (primary N) is 1. The van der Waals surface area contributed by atoms with Gasteiger partial charge in [-0.1, -0.05) is 41.5 Å². The Hall–Kier alpha value is -3.42. The number of nitrogens with zero attached hydrogens (tertiary/aromatic N) is 1. The SMILES string of the molecule is CC(C)(C)OC(=O)N1CC(Oc2ccc(N)cc2)CC1C(=O)Nc1cc(C(C)(C)C)c(O)c(C(C)(C)C)c1. The highest BCUT2D eigenvalue weighted by atomic mass is 16.6. The molecule has 1 fully saturated rings. The molecule has 4 N–H and O–H groups in total. The van der Waals surface area contributed by atoms with Gasteiger partial charge in [-0.2, -0.15) is 0 Å². The van der Waals surface area contributed by atoms with Gasteiger partial charge in [0.1, 0.15) is 29.2 Å². The summed E-state index contributed by atoms with van der Waals surface area (Å²) >= 11 is 0. The van der Waals surface area contributed by atoms with E-state index in [1.165, 1.54) is 4.90 Å².